The zero-order chi connectivity index (χ0) is 14.5. The maximum atomic E-state index is 5.54. The molecule has 0 bridgehead atoms. The molecular formula is C16H27N3O2. The van der Waals surface area contributed by atoms with Crippen LogP contribution < -0.4 is 5.32 Å². The van der Waals surface area contributed by atoms with Crippen molar-refractivity contribution < 1.29 is 9.26 Å². The van der Waals surface area contributed by atoms with Gasteiger partial charge in [0.1, 0.15) is 0 Å². The topological polar surface area (TPSA) is 60.2 Å². The van der Waals surface area contributed by atoms with E-state index >= 15 is 0 Å². The molecule has 1 aromatic heterocycles. The van der Waals surface area contributed by atoms with Crippen LogP contribution in [0.3, 0.4) is 0 Å². The minimum absolute atomic E-state index is 0.332. The van der Waals surface area contributed by atoms with Crippen molar-refractivity contribution in [1.29, 1.82) is 0 Å². The fraction of sp³-hybridized carbons (Fsp3) is 0.875. The Labute approximate surface area is 126 Å². The van der Waals surface area contributed by atoms with Crippen LogP contribution in [0.1, 0.15) is 75.4 Å². The average molecular weight is 293 g/mol. The summed E-state index contributed by atoms with van der Waals surface area (Å²) in [5.74, 6) is 2.50. The molecule has 1 N–H and O–H groups in total. The summed E-state index contributed by atoms with van der Waals surface area (Å²) in [4.78, 5) is 4.67. The SMILES string of the molecule is CCCNC1CCC(c2nc(C3CCCOC3)no2)CC1. The van der Waals surface area contributed by atoms with Crippen molar-refractivity contribution in [2.45, 2.75) is 69.7 Å². The first-order valence-corrected chi connectivity index (χ1v) is 8.51. The van der Waals surface area contributed by atoms with Crippen molar-refractivity contribution in [2.75, 3.05) is 19.8 Å². The Balaban J connectivity index is 1.52. The van der Waals surface area contributed by atoms with E-state index in [0.717, 1.165) is 57.2 Å². The Bertz CT molecular complexity index is 421. The van der Waals surface area contributed by atoms with E-state index < -0.39 is 0 Å². The van der Waals surface area contributed by atoms with Crippen molar-refractivity contribution in [3.8, 4) is 0 Å². The van der Waals surface area contributed by atoms with Gasteiger partial charge in [0.15, 0.2) is 5.82 Å². The zero-order valence-corrected chi connectivity index (χ0v) is 13.0. The molecule has 1 aromatic rings. The predicted molar refractivity (Wildman–Crippen MR) is 80.4 cm³/mol. The van der Waals surface area contributed by atoms with Crippen LogP contribution in [0.2, 0.25) is 0 Å². The van der Waals surface area contributed by atoms with Gasteiger partial charge < -0.3 is 14.6 Å². The molecule has 0 amide bonds. The molecule has 0 spiro atoms. The Hall–Kier alpha value is -0.940. The summed E-state index contributed by atoms with van der Waals surface area (Å²) in [5.41, 5.74) is 0. The highest BCUT2D eigenvalue weighted by atomic mass is 16.5. The molecule has 2 aliphatic rings. The van der Waals surface area contributed by atoms with E-state index in [-0.39, 0.29) is 0 Å². The quantitative estimate of drug-likeness (QED) is 0.904. The molecular weight excluding hydrogens is 266 g/mol. The fourth-order valence-corrected chi connectivity index (χ4v) is 3.42. The Morgan fingerprint density at radius 3 is 2.71 bits per heavy atom. The third kappa shape index (κ3) is 3.83. The third-order valence-electron chi connectivity index (χ3n) is 4.74. The number of rotatable bonds is 5. The lowest BCUT2D eigenvalue weighted by Crippen LogP contribution is -2.33. The second kappa shape index (κ2) is 7.36. The molecule has 118 valence electrons. The minimum Gasteiger partial charge on any atom is -0.381 e. The largest absolute Gasteiger partial charge is 0.381 e. The molecule has 1 aliphatic carbocycles. The standard InChI is InChI=1S/C16H27N3O2/c1-2-9-17-14-7-5-12(6-8-14)16-18-15(19-21-16)13-4-3-10-20-11-13/h12-14,17H,2-11H2,1H3. The first-order chi connectivity index (χ1) is 10.4. The zero-order valence-electron chi connectivity index (χ0n) is 13.0. The monoisotopic (exact) mass is 293 g/mol. The maximum absolute atomic E-state index is 5.54. The minimum atomic E-state index is 0.332. The number of nitrogens with one attached hydrogen (secondary N) is 1. The number of aromatic nitrogens is 2. The van der Waals surface area contributed by atoms with Crippen LogP contribution in [0, 0.1) is 0 Å². The van der Waals surface area contributed by atoms with Gasteiger partial charge in [0.25, 0.3) is 0 Å². The van der Waals surface area contributed by atoms with Crippen LogP contribution >= 0.6 is 0 Å². The van der Waals surface area contributed by atoms with Crippen LogP contribution in [0.15, 0.2) is 4.52 Å². The highest BCUT2D eigenvalue weighted by Gasteiger charge is 2.28. The van der Waals surface area contributed by atoms with Crippen LogP contribution in [0.25, 0.3) is 0 Å². The van der Waals surface area contributed by atoms with Gasteiger partial charge in [0, 0.05) is 24.5 Å². The summed E-state index contributed by atoms with van der Waals surface area (Å²) in [7, 11) is 0. The second-order valence-corrected chi connectivity index (χ2v) is 6.41. The Kier molecular flexibility index (Phi) is 5.25. The van der Waals surface area contributed by atoms with Gasteiger partial charge in [-0.2, -0.15) is 4.98 Å². The van der Waals surface area contributed by atoms with Gasteiger partial charge in [0.05, 0.1) is 6.61 Å². The first kappa shape index (κ1) is 15.0. The Morgan fingerprint density at radius 1 is 1.14 bits per heavy atom. The molecule has 2 heterocycles. The molecule has 2 fully saturated rings. The van der Waals surface area contributed by atoms with Gasteiger partial charge in [-0.1, -0.05) is 12.1 Å². The fourth-order valence-electron chi connectivity index (χ4n) is 3.42. The molecule has 1 saturated heterocycles. The summed E-state index contributed by atoms with van der Waals surface area (Å²) in [6.07, 6.45) is 8.17. The second-order valence-electron chi connectivity index (χ2n) is 6.41. The summed E-state index contributed by atoms with van der Waals surface area (Å²) < 4.78 is 11.0. The van der Waals surface area contributed by atoms with Crippen LogP contribution in [-0.2, 0) is 4.74 Å². The summed E-state index contributed by atoms with van der Waals surface area (Å²) >= 11 is 0. The maximum Gasteiger partial charge on any atom is 0.229 e. The van der Waals surface area contributed by atoms with E-state index in [9.17, 15) is 0 Å². The lowest BCUT2D eigenvalue weighted by molar-refractivity contribution is 0.0773. The highest BCUT2D eigenvalue weighted by molar-refractivity contribution is 5.01. The molecule has 1 unspecified atom stereocenters. The first-order valence-electron chi connectivity index (χ1n) is 8.51. The van der Waals surface area contributed by atoms with Crippen molar-refractivity contribution in [2.24, 2.45) is 0 Å². The number of ether oxygens (including phenoxy) is 1. The van der Waals surface area contributed by atoms with Crippen molar-refractivity contribution in [3.05, 3.63) is 11.7 Å². The molecule has 21 heavy (non-hydrogen) atoms. The molecule has 3 rings (SSSR count). The van der Waals surface area contributed by atoms with E-state index in [1.54, 1.807) is 0 Å². The van der Waals surface area contributed by atoms with Crippen LogP contribution in [0.5, 0.6) is 0 Å². The molecule has 5 nitrogen and oxygen atoms in total. The Morgan fingerprint density at radius 2 is 2.00 bits per heavy atom. The normalized spacial score (nSPS) is 30.4. The number of hydrogen-bond donors (Lipinski definition) is 1. The lowest BCUT2D eigenvalue weighted by Gasteiger charge is -2.27. The van der Waals surface area contributed by atoms with E-state index in [1.807, 2.05) is 0 Å². The van der Waals surface area contributed by atoms with Crippen molar-refractivity contribution >= 4 is 0 Å². The predicted octanol–water partition coefficient (Wildman–Crippen LogP) is 2.99. The molecule has 1 aliphatic heterocycles. The molecule has 1 atom stereocenters. The van der Waals surface area contributed by atoms with Gasteiger partial charge in [-0.15, -0.1) is 0 Å². The van der Waals surface area contributed by atoms with Crippen molar-refractivity contribution in [1.82, 2.24) is 15.5 Å². The van der Waals surface area contributed by atoms with E-state index in [0.29, 0.717) is 17.9 Å². The van der Waals surface area contributed by atoms with Crippen LogP contribution in [-0.4, -0.2) is 35.9 Å². The lowest BCUT2D eigenvalue weighted by atomic mass is 9.86. The van der Waals surface area contributed by atoms with Gasteiger partial charge >= 0.3 is 0 Å². The molecule has 1 saturated carbocycles. The number of nitrogens with zero attached hydrogens (tertiary/aromatic N) is 2. The molecule has 0 radical (unpaired) electrons. The molecule has 0 aromatic carbocycles. The average Bonchev–Trinajstić information content (AvgIpc) is 3.04. The van der Waals surface area contributed by atoms with Gasteiger partial charge in [0.2, 0.25) is 5.89 Å². The summed E-state index contributed by atoms with van der Waals surface area (Å²) in [5, 5.41) is 7.82. The van der Waals surface area contributed by atoms with Gasteiger partial charge in [-0.25, -0.2) is 0 Å². The summed E-state index contributed by atoms with van der Waals surface area (Å²) in [6, 6.07) is 0.676. The van der Waals surface area contributed by atoms with E-state index in [1.165, 1.54) is 19.3 Å². The third-order valence-corrected chi connectivity index (χ3v) is 4.74. The van der Waals surface area contributed by atoms with Crippen LogP contribution in [0.4, 0.5) is 0 Å². The van der Waals surface area contributed by atoms with E-state index in [2.05, 4.69) is 22.4 Å². The van der Waals surface area contributed by atoms with E-state index in [4.69, 9.17) is 9.26 Å². The van der Waals surface area contributed by atoms with Gasteiger partial charge in [-0.3, -0.25) is 0 Å². The van der Waals surface area contributed by atoms with Gasteiger partial charge in [-0.05, 0) is 51.5 Å². The summed E-state index contributed by atoms with van der Waals surface area (Å²) in [6.45, 7) is 4.96. The smallest absolute Gasteiger partial charge is 0.229 e. The number of hydrogen-bond acceptors (Lipinski definition) is 5. The highest BCUT2D eigenvalue weighted by Crippen LogP contribution is 2.33. The van der Waals surface area contributed by atoms with Crippen molar-refractivity contribution in [3.63, 3.8) is 0 Å². The molecule has 5 heteroatoms.